The second-order valence-corrected chi connectivity index (χ2v) is 1.20. The number of nitrogens with zero attached hydrogens (tertiary/aromatic N) is 2. The van der Waals surface area contributed by atoms with Crippen molar-refractivity contribution in [1.29, 1.82) is 0 Å². The van der Waals surface area contributed by atoms with E-state index >= 15 is 0 Å². The van der Waals surface area contributed by atoms with Crippen molar-refractivity contribution >= 4 is 71.9 Å². The van der Waals surface area contributed by atoms with Gasteiger partial charge < -0.3 is 0 Å². The van der Waals surface area contributed by atoms with E-state index < -0.39 is 0 Å². The van der Waals surface area contributed by atoms with Crippen LogP contribution >= 0.6 is 0 Å². The van der Waals surface area contributed by atoms with E-state index in [1.54, 1.807) is 0 Å². The molecule has 0 aromatic heterocycles. The topological polar surface area (TPSA) is 24.7 Å². The van der Waals surface area contributed by atoms with Gasteiger partial charge in [0.2, 0.25) is 0 Å². The van der Waals surface area contributed by atoms with Gasteiger partial charge in [-0.2, -0.15) is 0 Å². The fraction of sp³-hybridized carbons (Fsp3) is 0. The first-order valence-corrected chi connectivity index (χ1v) is 2.88. The van der Waals surface area contributed by atoms with Gasteiger partial charge in [-0.05, 0) is 0 Å². The molecule has 0 saturated carbocycles. The summed E-state index contributed by atoms with van der Waals surface area (Å²) in [6, 6.07) is 0. The van der Waals surface area contributed by atoms with E-state index in [1.807, 2.05) is 0 Å². The summed E-state index contributed by atoms with van der Waals surface area (Å²) in [5.41, 5.74) is 0. The fourth-order valence-corrected chi connectivity index (χ4v) is 0. The van der Waals surface area contributed by atoms with Crippen molar-refractivity contribution in [2.45, 2.75) is 0 Å². The normalized spacial score (nSPS) is 7.60. The summed E-state index contributed by atoms with van der Waals surface area (Å²) in [6.45, 7) is 0. The van der Waals surface area contributed by atoms with Crippen molar-refractivity contribution in [2.75, 3.05) is 0 Å². The maximum absolute atomic E-state index is 3.45. The van der Waals surface area contributed by atoms with Gasteiger partial charge in [0.25, 0.3) is 0 Å². The van der Waals surface area contributed by atoms with Gasteiger partial charge in [-0.25, -0.2) is 0 Å². The van der Waals surface area contributed by atoms with Crippen molar-refractivity contribution < 1.29 is 0 Å². The predicted molar refractivity (Wildman–Crippen MR) is 27.7 cm³/mol. The standard InChI is InChI=1S/As2H4N2.Ca/c1-3-4-2;/h1-2H2;. The van der Waals surface area contributed by atoms with E-state index in [1.165, 1.54) is 34.2 Å². The number of hydrogen-bond donors (Lipinski definition) is 0. The molecule has 5 heavy (non-hydrogen) atoms. The molecule has 0 bridgehead atoms. The van der Waals surface area contributed by atoms with Crippen LogP contribution in [0.2, 0.25) is 0 Å². The van der Waals surface area contributed by atoms with Crippen molar-refractivity contribution in [2.24, 2.45) is 8.06 Å². The molecule has 2 nitrogen and oxygen atoms in total. The van der Waals surface area contributed by atoms with Crippen molar-refractivity contribution in [3.63, 3.8) is 0 Å². The fourth-order valence-electron chi connectivity index (χ4n) is 0. The Morgan fingerprint density at radius 2 is 1.20 bits per heavy atom. The third kappa shape index (κ3) is 10.7. The van der Waals surface area contributed by atoms with Crippen LogP contribution in [-0.4, -0.2) is 71.9 Å². The Morgan fingerprint density at radius 3 is 1.20 bits per heavy atom. The van der Waals surface area contributed by atoms with E-state index in [0.29, 0.717) is 0 Å². The molecule has 26 valence electrons. The zero-order valence-corrected chi connectivity index (χ0v) is 9.81. The molecule has 0 aromatic carbocycles. The minimum absolute atomic E-state index is 0. The molecule has 0 aromatic rings. The maximum Gasteiger partial charge on any atom is 0 e. The summed E-state index contributed by atoms with van der Waals surface area (Å²) in [5.74, 6) is 0. The Bertz CT molecular complexity index is 22.8. The van der Waals surface area contributed by atoms with Gasteiger partial charge in [0.05, 0.1) is 0 Å². The summed E-state index contributed by atoms with van der Waals surface area (Å²) in [6.07, 6.45) is 0. The summed E-state index contributed by atoms with van der Waals surface area (Å²) in [7, 11) is 0. The summed E-state index contributed by atoms with van der Waals surface area (Å²) in [5, 5.41) is 0. The minimum atomic E-state index is 0. The van der Waals surface area contributed by atoms with Crippen LogP contribution in [-0.2, 0) is 0 Å². The Kier molecular flexibility index (Phi) is 18.8. The van der Waals surface area contributed by atoms with Crippen LogP contribution in [0.15, 0.2) is 8.06 Å². The first kappa shape index (κ1) is 10.1. The number of rotatable bonds is 0. The van der Waals surface area contributed by atoms with Gasteiger partial charge in [-0.15, -0.1) is 0 Å². The zero-order chi connectivity index (χ0) is 3.41. The van der Waals surface area contributed by atoms with Gasteiger partial charge in [0.1, 0.15) is 0 Å². The van der Waals surface area contributed by atoms with Crippen molar-refractivity contribution in [3.8, 4) is 0 Å². The molecule has 0 spiro atoms. The molecule has 0 aliphatic rings. The summed E-state index contributed by atoms with van der Waals surface area (Å²) < 4.78 is 6.90. The first-order chi connectivity index (χ1) is 1.91. The molecular formula is H4As2CaN2. The SMILES string of the molecule is [AsH2]N=N[AsH2].[Ca]. The smallest absolute Gasteiger partial charge is 0 e. The molecule has 0 amide bonds. The molecule has 0 aliphatic carbocycles. The van der Waals surface area contributed by atoms with E-state index in [9.17, 15) is 0 Å². The molecular weight excluding hydrogens is 218 g/mol. The van der Waals surface area contributed by atoms with E-state index in [4.69, 9.17) is 0 Å². The third-order valence-corrected chi connectivity index (χ3v) is 1.80. The molecule has 2 unspecified atom stereocenters. The Morgan fingerprint density at radius 1 is 1.00 bits per heavy atom. The molecule has 0 rings (SSSR count). The third-order valence-electron chi connectivity index (χ3n) is 0.0667. The molecule has 0 aliphatic heterocycles. The Balaban J connectivity index is 0. The second-order valence-electron chi connectivity index (χ2n) is 0.231. The zero-order valence-electron chi connectivity index (χ0n) is 2.76. The minimum Gasteiger partial charge on any atom is 0 e. The van der Waals surface area contributed by atoms with Crippen LogP contribution in [0.1, 0.15) is 0 Å². The van der Waals surface area contributed by atoms with E-state index in [-0.39, 0.29) is 37.7 Å². The van der Waals surface area contributed by atoms with Crippen LogP contribution in [0.3, 0.4) is 0 Å². The maximum atomic E-state index is 3.45. The van der Waals surface area contributed by atoms with Crippen LogP contribution in [0.5, 0.6) is 0 Å². The molecule has 0 N–H and O–H groups in total. The molecule has 2 atom stereocenters. The van der Waals surface area contributed by atoms with Crippen LogP contribution < -0.4 is 0 Å². The van der Waals surface area contributed by atoms with Crippen molar-refractivity contribution in [1.82, 2.24) is 0 Å². The van der Waals surface area contributed by atoms with Gasteiger partial charge in [0.15, 0.2) is 0 Å². The summed E-state index contributed by atoms with van der Waals surface area (Å²) in [4.78, 5) is 0. The van der Waals surface area contributed by atoms with Gasteiger partial charge in [0, 0.05) is 37.7 Å². The van der Waals surface area contributed by atoms with Gasteiger partial charge in [-0.1, -0.05) is 0 Å². The Labute approximate surface area is 78.6 Å². The van der Waals surface area contributed by atoms with Crippen molar-refractivity contribution in [3.05, 3.63) is 0 Å². The monoisotopic (exact) mass is 222 g/mol. The molecule has 0 fully saturated rings. The van der Waals surface area contributed by atoms with Crippen LogP contribution in [0.4, 0.5) is 0 Å². The van der Waals surface area contributed by atoms with Gasteiger partial charge in [-0.3, -0.25) is 0 Å². The quantitative estimate of drug-likeness (QED) is 0.339. The van der Waals surface area contributed by atoms with E-state index in [0.717, 1.165) is 0 Å². The second kappa shape index (κ2) is 9.36. The molecule has 2 radical (unpaired) electrons. The van der Waals surface area contributed by atoms with Crippen LogP contribution in [0.25, 0.3) is 0 Å². The molecule has 0 heterocycles. The summed E-state index contributed by atoms with van der Waals surface area (Å²) >= 11 is 2.60. The largest absolute Gasteiger partial charge is 0 e. The average Bonchev–Trinajstić information content (AvgIpc) is 1.37. The predicted octanol–water partition coefficient (Wildman–Crippen LogP) is -1.85. The van der Waals surface area contributed by atoms with E-state index in [2.05, 4.69) is 8.06 Å². The van der Waals surface area contributed by atoms with Gasteiger partial charge >= 0.3 is 42.2 Å². The number of hydrogen-bond acceptors (Lipinski definition) is 2. The molecule has 5 heteroatoms. The first-order valence-electron chi connectivity index (χ1n) is 0.716. The average molecular weight is 222 g/mol. The Hall–Kier alpha value is 1.98. The van der Waals surface area contributed by atoms with Crippen LogP contribution in [0, 0.1) is 0 Å². The molecule has 0 saturated heterocycles.